The van der Waals surface area contributed by atoms with E-state index in [1.165, 1.54) is 0 Å². The van der Waals surface area contributed by atoms with Crippen LogP contribution < -0.4 is 10.1 Å². The van der Waals surface area contributed by atoms with Gasteiger partial charge >= 0.3 is 5.97 Å². The van der Waals surface area contributed by atoms with Gasteiger partial charge in [-0.05, 0) is 29.8 Å². The number of aliphatic carboxylic acids is 1. The number of carbonyl (C=O) groups is 2. The van der Waals surface area contributed by atoms with Crippen LogP contribution in [0.2, 0.25) is 0 Å². The number of amides is 1. The van der Waals surface area contributed by atoms with E-state index in [9.17, 15) is 9.59 Å². The van der Waals surface area contributed by atoms with Gasteiger partial charge in [0.1, 0.15) is 18.9 Å². The lowest BCUT2D eigenvalue weighted by molar-refractivity contribution is -0.135. The first kappa shape index (κ1) is 14.6. The molecular formula is C16H15NO4. The molecule has 2 N–H and O–H groups in total. The first-order valence-corrected chi connectivity index (χ1v) is 6.42. The second kappa shape index (κ2) is 7.09. The summed E-state index contributed by atoms with van der Waals surface area (Å²) in [5.74, 6) is -0.855. The molecule has 21 heavy (non-hydrogen) atoms. The van der Waals surface area contributed by atoms with Crippen molar-refractivity contribution in [3.63, 3.8) is 0 Å². The van der Waals surface area contributed by atoms with Crippen molar-refractivity contribution in [1.29, 1.82) is 0 Å². The Hall–Kier alpha value is -2.82. The van der Waals surface area contributed by atoms with Crippen molar-refractivity contribution in [3.05, 3.63) is 65.7 Å². The highest BCUT2D eigenvalue weighted by molar-refractivity contribution is 5.95. The third-order valence-electron chi connectivity index (χ3n) is 2.77. The molecule has 2 aromatic rings. The van der Waals surface area contributed by atoms with E-state index in [4.69, 9.17) is 9.84 Å². The molecule has 0 saturated carbocycles. The number of hydrogen-bond acceptors (Lipinski definition) is 3. The molecule has 0 bridgehead atoms. The van der Waals surface area contributed by atoms with E-state index in [1.54, 1.807) is 24.3 Å². The van der Waals surface area contributed by atoms with Crippen LogP contribution >= 0.6 is 0 Å². The molecule has 5 heteroatoms. The van der Waals surface area contributed by atoms with Crippen LogP contribution in [-0.4, -0.2) is 23.5 Å². The fourth-order valence-electron chi connectivity index (χ4n) is 1.70. The van der Waals surface area contributed by atoms with E-state index in [-0.39, 0.29) is 0 Å². The molecular weight excluding hydrogens is 270 g/mol. The predicted molar refractivity (Wildman–Crippen MR) is 77.2 cm³/mol. The largest absolute Gasteiger partial charge is 0.489 e. The smallest absolute Gasteiger partial charge is 0.322 e. The van der Waals surface area contributed by atoms with Gasteiger partial charge in [0.05, 0.1) is 0 Å². The van der Waals surface area contributed by atoms with Crippen LogP contribution in [0.1, 0.15) is 15.9 Å². The van der Waals surface area contributed by atoms with Crippen molar-refractivity contribution >= 4 is 11.9 Å². The maximum atomic E-state index is 11.6. The average Bonchev–Trinajstić information content (AvgIpc) is 2.52. The van der Waals surface area contributed by atoms with Crippen molar-refractivity contribution in [2.24, 2.45) is 0 Å². The summed E-state index contributed by atoms with van der Waals surface area (Å²) in [4.78, 5) is 22.0. The molecule has 0 spiro atoms. The number of benzene rings is 2. The van der Waals surface area contributed by atoms with Gasteiger partial charge in [-0.3, -0.25) is 9.59 Å². The Bertz CT molecular complexity index is 608. The molecule has 0 radical (unpaired) electrons. The van der Waals surface area contributed by atoms with Crippen molar-refractivity contribution in [2.75, 3.05) is 6.54 Å². The lowest BCUT2D eigenvalue weighted by atomic mass is 10.2. The quantitative estimate of drug-likeness (QED) is 0.852. The lowest BCUT2D eigenvalue weighted by Crippen LogP contribution is -2.29. The van der Waals surface area contributed by atoms with E-state index in [1.807, 2.05) is 30.3 Å². The van der Waals surface area contributed by atoms with Crippen LogP contribution in [0.4, 0.5) is 0 Å². The summed E-state index contributed by atoms with van der Waals surface area (Å²) in [5.41, 5.74) is 1.45. The summed E-state index contributed by atoms with van der Waals surface area (Å²) < 4.78 is 5.60. The minimum Gasteiger partial charge on any atom is -0.489 e. The van der Waals surface area contributed by atoms with Gasteiger partial charge in [-0.15, -0.1) is 0 Å². The predicted octanol–water partition coefficient (Wildman–Crippen LogP) is 2.08. The molecule has 0 aliphatic heterocycles. The van der Waals surface area contributed by atoms with Gasteiger partial charge in [0.25, 0.3) is 5.91 Å². The van der Waals surface area contributed by atoms with Gasteiger partial charge in [0.15, 0.2) is 0 Å². The minimum absolute atomic E-state index is 0.392. The molecule has 0 aromatic heterocycles. The van der Waals surface area contributed by atoms with E-state index < -0.39 is 18.4 Å². The molecule has 0 saturated heterocycles. The highest BCUT2D eigenvalue weighted by Crippen LogP contribution is 2.14. The van der Waals surface area contributed by atoms with Crippen molar-refractivity contribution in [3.8, 4) is 5.75 Å². The van der Waals surface area contributed by atoms with E-state index in [0.29, 0.717) is 17.9 Å². The number of carboxylic acid groups (broad SMARTS) is 1. The van der Waals surface area contributed by atoms with Crippen molar-refractivity contribution < 1.29 is 19.4 Å². The SMILES string of the molecule is O=C(O)CNC(=O)c1ccc(OCc2ccccc2)cc1. The normalized spacial score (nSPS) is 9.90. The Morgan fingerprint density at radius 3 is 2.29 bits per heavy atom. The van der Waals surface area contributed by atoms with Gasteiger partial charge in [-0.1, -0.05) is 30.3 Å². The van der Waals surface area contributed by atoms with Crippen LogP contribution in [0.25, 0.3) is 0 Å². The molecule has 0 heterocycles. The second-order valence-electron chi connectivity index (χ2n) is 4.38. The summed E-state index contributed by atoms with van der Waals surface area (Å²) >= 11 is 0. The highest BCUT2D eigenvalue weighted by atomic mass is 16.5. The Morgan fingerprint density at radius 1 is 1.00 bits per heavy atom. The van der Waals surface area contributed by atoms with Gasteiger partial charge in [-0.25, -0.2) is 0 Å². The van der Waals surface area contributed by atoms with E-state index in [0.717, 1.165) is 5.56 Å². The summed E-state index contributed by atoms with van der Waals surface area (Å²) in [6.07, 6.45) is 0. The zero-order valence-corrected chi connectivity index (χ0v) is 11.3. The molecule has 0 unspecified atom stereocenters. The van der Waals surface area contributed by atoms with E-state index >= 15 is 0 Å². The molecule has 2 aromatic carbocycles. The fraction of sp³-hybridized carbons (Fsp3) is 0.125. The first-order valence-electron chi connectivity index (χ1n) is 6.42. The van der Waals surface area contributed by atoms with Crippen LogP contribution in [0, 0.1) is 0 Å². The Kier molecular flexibility index (Phi) is 4.93. The van der Waals surface area contributed by atoms with Crippen molar-refractivity contribution in [2.45, 2.75) is 6.61 Å². The monoisotopic (exact) mass is 285 g/mol. The van der Waals surface area contributed by atoms with E-state index in [2.05, 4.69) is 5.32 Å². The summed E-state index contributed by atoms with van der Waals surface area (Å²) in [5, 5.41) is 10.8. The first-order chi connectivity index (χ1) is 10.1. The number of carbonyl (C=O) groups excluding carboxylic acids is 1. The zero-order valence-electron chi connectivity index (χ0n) is 11.3. The highest BCUT2D eigenvalue weighted by Gasteiger charge is 2.07. The number of carboxylic acids is 1. The third-order valence-corrected chi connectivity index (χ3v) is 2.77. The lowest BCUT2D eigenvalue weighted by Gasteiger charge is -2.07. The average molecular weight is 285 g/mol. The molecule has 5 nitrogen and oxygen atoms in total. The Morgan fingerprint density at radius 2 is 1.67 bits per heavy atom. The molecule has 108 valence electrons. The summed E-state index contributed by atoms with van der Waals surface area (Å²) in [6.45, 7) is 0.0521. The molecule has 0 aliphatic carbocycles. The molecule has 2 rings (SSSR count). The maximum absolute atomic E-state index is 11.6. The zero-order chi connectivity index (χ0) is 15.1. The van der Waals surface area contributed by atoms with Crippen LogP contribution in [0.15, 0.2) is 54.6 Å². The molecule has 0 fully saturated rings. The van der Waals surface area contributed by atoms with Gasteiger partial charge in [-0.2, -0.15) is 0 Å². The van der Waals surface area contributed by atoms with Crippen LogP contribution in [0.3, 0.4) is 0 Å². The number of nitrogens with one attached hydrogen (secondary N) is 1. The van der Waals surface area contributed by atoms with Crippen LogP contribution in [0.5, 0.6) is 5.75 Å². The number of rotatable bonds is 6. The topological polar surface area (TPSA) is 75.6 Å². The second-order valence-corrected chi connectivity index (χ2v) is 4.38. The third kappa shape index (κ3) is 4.65. The molecule has 0 atom stereocenters. The summed E-state index contributed by atoms with van der Waals surface area (Å²) in [6, 6.07) is 16.3. The van der Waals surface area contributed by atoms with Gasteiger partial charge in [0, 0.05) is 5.56 Å². The van der Waals surface area contributed by atoms with Gasteiger partial charge in [0.2, 0.25) is 0 Å². The Balaban J connectivity index is 1.89. The Labute approximate surface area is 122 Å². The summed E-state index contributed by atoms with van der Waals surface area (Å²) in [7, 11) is 0. The van der Waals surface area contributed by atoms with Crippen LogP contribution in [-0.2, 0) is 11.4 Å². The standard InChI is InChI=1S/C16H15NO4/c18-15(19)10-17-16(20)13-6-8-14(9-7-13)21-11-12-4-2-1-3-5-12/h1-9H,10-11H2,(H,17,20)(H,18,19). The number of hydrogen-bond donors (Lipinski definition) is 2. The maximum Gasteiger partial charge on any atom is 0.322 e. The van der Waals surface area contributed by atoms with Gasteiger partial charge < -0.3 is 15.2 Å². The molecule has 0 aliphatic rings. The fourth-order valence-corrected chi connectivity index (χ4v) is 1.70. The minimum atomic E-state index is -1.08. The molecule has 1 amide bonds. The van der Waals surface area contributed by atoms with Crippen molar-refractivity contribution in [1.82, 2.24) is 5.32 Å². The number of ether oxygens (including phenoxy) is 1.